The zero-order chi connectivity index (χ0) is 11.0. The highest BCUT2D eigenvalue weighted by Crippen LogP contribution is 2.49. The number of fused-ring (bicyclic) bond motifs is 1. The van der Waals surface area contributed by atoms with E-state index in [9.17, 15) is 0 Å². The molecule has 16 heavy (non-hydrogen) atoms. The van der Waals surface area contributed by atoms with Crippen LogP contribution >= 0.6 is 0 Å². The van der Waals surface area contributed by atoms with Gasteiger partial charge >= 0.3 is 0 Å². The predicted octanol–water partition coefficient (Wildman–Crippen LogP) is 2.13. The molecule has 0 radical (unpaired) electrons. The highest BCUT2D eigenvalue weighted by Gasteiger charge is 2.43. The fraction of sp³-hybridized carbons (Fsp3) is 0.571. The summed E-state index contributed by atoms with van der Waals surface area (Å²) in [5.74, 6) is 0. The summed E-state index contributed by atoms with van der Waals surface area (Å²) in [5, 5.41) is 0. The van der Waals surface area contributed by atoms with E-state index in [0.29, 0.717) is 5.41 Å². The van der Waals surface area contributed by atoms with Crippen molar-refractivity contribution in [3.05, 3.63) is 35.4 Å². The first kappa shape index (κ1) is 10.3. The lowest BCUT2D eigenvalue weighted by molar-refractivity contribution is 0.217. The van der Waals surface area contributed by atoms with Gasteiger partial charge in [0.2, 0.25) is 0 Å². The number of rotatable bonds is 4. The molecule has 0 aromatic heterocycles. The van der Waals surface area contributed by atoms with Crippen molar-refractivity contribution >= 4 is 0 Å². The SMILES string of the molecule is NCCC1(CN2Cc3ccccc3C2)CC1. The van der Waals surface area contributed by atoms with E-state index in [2.05, 4.69) is 29.2 Å². The van der Waals surface area contributed by atoms with Crippen molar-refractivity contribution < 1.29 is 0 Å². The molecule has 0 unspecified atom stereocenters. The van der Waals surface area contributed by atoms with E-state index in [1.165, 1.54) is 36.9 Å². The van der Waals surface area contributed by atoms with Crippen LogP contribution in [0, 0.1) is 5.41 Å². The van der Waals surface area contributed by atoms with E-state index in [-0.39, 0.29) is 0 Å². The minimum Gasteiger partial charge on any atom is -0.330 e. The molecule has 2 N–H and O–H groups in total. The van der Waals surface area contributed by atoms with E-state index < -0.39 is 0 Å². The maximum Gasteiger partial charge on any atom is 0.0240 e. The molecule has 0 atom stereocenters. The Bertz CT molecular complexity index is 357. The Morgan fingerprint density at radius 3 is 2.25 bits per heavy atom. The Kier molecular flexibility index (Phi) is 2.49. The molecule has 0 bridgehead atoms. The van der Waals surface area contributed by atoms with E-state index in [4.69, 9.17) is 5.73 Å². The van der Waals surface area contributed by atoms with Crippen LogP contribution in [0.3, 0.4) is 0 Å². The Morgan fingerprint density at radius 1 is 1.12 bits per heavy atom. The molecule has 1 saturated carbocycles. The number of nitrogens with two attached hydrogens (primary N) is 1. The first-order valence-corrected chi connectivity index (χ1v) is 6.31. The molecule has 1 fully saturated rings. The van der Waals surface area contributed by atoms with Gasteiger partial charge in [-0.2, -0.15) is 0 Å². The van der Waals surface area contributed by atoms with Crippen LogP contribution in [0.5, 0.6) is 0 Å². The molecule has 3 rings (SSSR count). The van der Waals surface area contributed by atoms with Crippen LogP contribution in [-0.4, -0.2) is 18.0 Å². The Labute approximate surface area is 97.4 Å². The molecule has 1 heterocycles. The van der Waals surface area contributed by atoms with Crippen molar-refractivity contribution in [2.45, 2.75) is 32.4 Å². The minimum atomic E-state index is 0.580. The zero-order valence-electron chi connectivity index (χ0n) is 9.78. The topological polar surface area (TPSA) is 29.3 Å². The summed E-state index contributed by atoms with van der Waals surface area (Å²) in [7, 11) is 0. The van der Waals surface area contributed by atoms with Gasteiger partial charge in [-0.25, -0.2) is 0 Å². The summed E-state index contributed by atoms with van der Waals surface area (Å²) in [6.45, 7) is 4.38. The molecule has 0 saturated heterocycles. The summed E-state index contributed by atoms with van der Waals surface area (Å²) in [5.41, 5.74) is 9.31. The molecular formula is C14H20N2. The highest BCUT2D eigenvalue weighted by molar-refractivity contribution is 5.30. The third-order valence-electron chi connectivity index (χ3n) is 4.10. The van der Waals surface area contributed by atoms with E-state index in [1.807, 2.05) is 0 Å². The molecule has 2 nitrogen and oxygen atoms in total. The van der Waals surface area contributed by atoms with Crippen LogP contribution in [0.25, 0.3) is 0 Å². The predicted molar refractivity (Wildman–Crippen MR) is 65.9 cm³/mol. The van der Waals surface area contributed by atoms with Crippen molar-refractivity contribution in [1.29, 1.82) is 0 Å². The first-order chi connectivity index (χ1) is 7.81. The normalized spacial score (nSPS) is 22.1. The van der Waals surface area contributed by atoms with Crippen LogP contribution in [0.1, 0.15) is 30.4 Å². The number of hydrogen-bond acceptors (Lipinski definition) is 2. The van der Waals surface area contributed by atoms with Crippen LogP contribution in [0.2, 0.25) is 0 Å². The van der Waals surface area contributed by atoms with Gasteiger partial charge in [0.1, 0.15) is 0 Å². The third kappa shape index (κ3) is 1.87. The van der Waals surface area contributed by atoms with Crippen LogP contribution < -0.4 is 5.73 Å². The lowest BCUT2D eigenvalue weighted by Crippen LogP contribution is -2.27. The highest BCUT2D eigenvalue weighted by atomic mass is 15.2. The summed E-state index contributed by atoms with van der Waals surface area (Å²) in [4.78, 5) is 2.59. The van der Waals surface area contributed by atoms with Crippen molar-refractivity contribution in [3.63, 3.8) is 0 Å². The zero-order valence-corrected chi connectivity index (χ0v) is 9.78. The van der Waals surface area contributed by atoms with Gasteiger partial charge in [-0.1, -0.05) is 24.3 Å². The summed E-state index contributed by atoms with van der Waals surface area (Å²) >= 11 is 0. The van der Waals surface area contributed by atoms with E-state index in [1.54, 1.807) is 0 Å². The maximum absolute atomic E-state index is 5.69. The minimum absolute atomic E-state index is 0.580. The number of hydrogen-bond donors (Lipinski definition) is 1. The lowest BCUT2D eigenvalue weighted by atomic mass is 10.0. The van der Waals surface area contributed by atoms with Gasteiger partial charge in [-0.3, -0.25) is 4.90 Å². The molecule has 2 heteroatoms. The largest absolute Gasteiger partial charge is 0.330 e. The standard InChI is InChI=1S/C14H20N2/c15-8-7-14(5-6-14)11-16-9-12-3-1-2-4-13(12)10-16/h1-4H,5-11,15H2. The van der Waals surface area contributed by atoms with Crippen LogP contribution in [-0.2, 0) is 13.1 Å². The molecule has 2 aliphatic rings. The Balaban J connectivity index is 1.64. The summed E-state index contributed by atoms with van der Waals surface area (Å²) in [6.07, 6.45) is 3.98. The second kappa shape index (κ2) is 3.86. The van der Waals surface area contributed by atoms with Gasteiger partial charge in [-0.05, 0) is 42.3 Å². The number of benzene rings is 1. The molecular weight excluding hydrogens is 196 g/mol. The summed E-state index contributed by atoms with van der Waals surface area (Å²) < 4.78 is 0. The average Bonchev–Trinajstić information content (AvgIpc) is 2.91. The fourth-order valence-corrected chi connectivity index (χ4v) is 2.96. The van der Waals surface area contributed by atoms with Gasteiger partial charge in [-0.15, -0.1) is 0 Å². The molecule has 86 valence electrons. The van der Waals surface area contributed by atoms with Crippen molar-refractivity contribution in [3.8, 4) is 0 Å². The molecule has 1 aliphatic heterocycles. The molecule has 1 aromatic carbocycles. The molecule has 0 spiro atoms. The van der Waals surface area contributed by atoms with E-state index >= 15 is 0 Å². The maximum atomic E-state index is 5.69. The first-order valence-electron chi connectivity index (χ1n) is 6.31. The third-order valence-corrected chi connectivity index (χ3v) is 4.10. The number of nitrogens with zero attached hydrogens (tertiary/aromatic N) is 1. The Morgan fingerprint density at radius 2 is 1.75 bits per heavy atom. The Hall–Kier alpha value is -0.860. The smallest absolute Gasteiger partial charge is 0.0240 e. The van der Waals surface area contributed by atoms with E-state index in [0.717, 1.165) is 19.6 Å². The average molecular weight is 216 g/mol. The van der Waals surface area contributed by atoms with Gasteiger partial charge < -0.3 is 5.73 Å². The van der Waals surface area contributed by atoms with Crippen molar-refractivity contribution in [1.82, 2.24) is 4.90 Å². The molecule has 1 aromatic rings. The van der Waals surface area contributed by atoms with Gasteiger partial charge in [0, 0.05) is 19.6 Å². The fourth-order valence-electron chi connectivity index (χ4n) is 2.96. The second-order valence-electron chi connectivity index (χ2n) is 5.45. The van der Waals surface area contributed by atoms with Crippen LogP contribution in [0.15, 0.2) is 24.3 Å². The van der Waals surface area contributed by atoms with Crippen LogP contribution in [0.4, 0.5) is 0 Å². The monoisotopic (exact) mass is 216 g/mol. The lowest BCUT2D eigenvalue weighted by Gasteiger charge is -2.22. The summed E-state index contributed by atoms with van der Waals surface area (Å²) in [6, 6.07) is 8.82. The van der Waals surface area contributed by atoms with Gasteiger partial charge in [0.25, 0.3) is 0 Å². The van der Waals surface area contributed by atoms with Crippen molar-refractivity contribution in [2.24, 2.45) is 11.1 Å². The van der Waals surface area contributed by atoms with Gasteiger partial charge in [0.05, 0.1) is 0 Å². The quantitative estimate of drug-likeness (QED) is 0.835. The van der Waals surface area contributed by atoms with Crippen molar-refractivity contribution in [2.75, 3.05) is 13.1 Å². The molecule has 0 amide bonds. The second-order valence-corrected chi connectivity index (χ2v) is 5.45. The molecule has 1 aliphatic carbocycles. The van der Waals surface area contributed by atoms with Gasteiger partial charge in [0.15, 0.2) is 0 Å².